The van der Waals surface area contributed by atoms with Gasteiger partial charge in [0.15, 0.2) is 0 Å². The van der Waals surface area contributed by atoms with Gasteiger partial charge in [-0.15, -0.1) is 0 Å². The SMILES string of the molecule is CCC(CC)(CN(C)Cc1cccc(F)c1)C(=O)O. The van der Waals surface area contributed by atoms with Crippen LogP contribution in [0.15, 0.2) is 24.3 Å². The van der Waals surface area contributed by atoms with Crippen molar-refractivity contribution < 1.29 is 14.3 Å². The summed E-state index contributed by atoms with van der Waals surface area (Å²) < 4.78 is 13.1. The summed E-state index contributed by atoms with van der Waals surface area (Å²) in [5.74, 6) is -1.02. The van der Waals surface area contributed by atoms with Gasteiger partial charge in [0, 0.05) is 13.1 Å². The zero-order valence-corrected chi connectivity index (χ0v) is 11.8. The molecular weight excluding hydrogens is 245 g/mol. The number of carboxylic acid groups (broad SMARTS) is 1. The Labute approximate surface area is 114 Å². The molecule has 0 aromatic heterocycles. The molecule has 0 aliphatic heterocycles. The maximum atomic E-state index is 13.1. The summed E-state index contributed by atoms with van der Waals surface area (Å²) in [7, 11) is 1.87. The Hall–Kier alpha value is -1.42. The smallest absolute Gasteiger partial charge is 0.310 e. The first-order valence-corrected chi connectivity index (χ1v) is 6.60. The van der Waals surface area contributed by atoms with Crippen molar-refractivity contribution in [2.45, 2.75) is 33.2 Å². The fourth-order valence-electron chi connectivity index (χ4n) is 2.36. The highest BCUT2D eigenvalue weighted by atomic mass is 19.1. The van der Waals surface area contributed by atoms with E-state index >= 15 is 0 Å². The molecule has 0 aliphatic carbocycles. The Morgan fingerprint density at radius 1 is 1.37 bits per heavy atom. The Bertz CT molecular complexity index is 430. The molecule has 0 saturated heterocycles. The summed E-state index contributed by atoms with van der Waals surface area (Å²) in [5.41, 5.74) is 0.135. The minimum Gasteiger partial charge on any atom is -0.481 e. The van der Waals surface area contributed by atoms with Crippen LogP contribution < -0.4 is 0 Å². The van der Waals surface area contributed by atoms with E-state index in [0.29, 0.717) is 25.9 Å². The molecule has 0 saturated carbocycles. The van der Waals surface area contributed by atoms with E-state index in [1.807, 2.05) is 31.9 Å². The molecule has 0 radical (unpaired) electrons. The van der Waals surface area contributed by atoms with Gasteiger partial charge in [-0.3, -0.25) is 4.79 Å². The molecule has 0 fully saturated rings. The first kappa shape index (κ1) is 15.6. The Morgan fingerprint density at radius 3 is 2.47 bits per heavy atom. The van der Waals surface area contributed by atoms with Crippen LogP contribution in [0.25, 0.3) is 0 Å². The maximum absolute atomic E-state index is 13.1. The van der Waals surface area contributed by atoms with E-state index in [0.717, 1.165) is 5.56 Å². The van der Waals surface area contributed by atoms with E-state index in [1.165, 1.54) is 12.1 Å². The highest BCUT2D eigenvalue weighted by molar-refractivity contribution is 5.74. The predicted molar refractivity (Wildman–Crippen MR) is 73.4 cm³/mol. The first-order valence-electron chi connectivity index (χ1n) is 6.60. The van der Waals surface area contributed by atoms with Crippen molar-refractivity contribution in [2.75, 3.05) is 13.6 Å². The van der Waals surface area contributed by atoms with Crippen molar-refractivity contribution in [1.29, 1.82) is 0 Å². The third-order valence-electron chi connectivity index (χ3n) is 3.72. The van der Waals surface area contributed by atoms with Gasteiger partial charge < -0.3 is 10.0 Å². The molecule has 1 aromatic carbocycles. The van der Waals surface area contributed by atoms with Crippen LogP contribution in [0, 0.1) is 11.2 Å². The van der Waals surface area contributed by atoms with Crippen molar-refractivity contribution in [3.05, 3.63) is 35.6 Å². The van der Waals surface area contributed by atoms with Gasteiger partial charge in [-0.25, -0.2) is 4.39 Å². The van der Waals surface area contributed by atoms with Gasteiger partial charge in [-0.2, -0.15) is 0 Å². The van der Waals surface area contributed by atoms with Crippen molar-refractivity contribution >= 4 is 5.97 Å². The average Bonchev–Trinajstić information content (AvgIpc) is 2.35. The molecule has 0 unspecified atom stereocenters. The van der Waals surface area contributed by atoms with Gasteiger partial charge in [0.05, 0.1) is 5.41 Å². The number of rotatable bonds is 7. The van der Waals surface area contributed by atoms with Crippen molar-refractivity contribution in [3.63, 3.8) is 0 Å². The minimum absolute atomic E-state index is 0.263. The highest BCUT2D eigenvalue weighted by Crippen LogP contribution is 2.28. The number of nitrogens with zero attached hydrogens (tertiary/aromatic N) is 1. The van der Waals surface area contributed by atoms with E-state index < -0.39 is 11.4 Å². The fraction of sp³-hybridized carbons (Fsp3) is 0.533. The van der Waals surface area contributed by atoms with Gasteiger partial charge in [0.25, 0.3) is 0 Å². The number of hydrogen-bond donors (Lipinski definition) is 1. The molecule has 1 aromatic rings. The molecule has 4 heteroatoms. The third kappa shape index (κ3) is 4.03. The summed E-state index contributed by atoms with van der Waals surface area (Å²) in [6, 6.07) is 6.41. The number of carbonyl (C=O) groups is 1. The van der Waals surface area contributed by atoms with Gasteiger partial charge in [0.2, 0.25) is 0 Å². The zero-order valence-electron chi connectivity index (χ0n) is 11.8. The second-order valence-corrected chi connectivity index (χ2v) is 5.09. The lowest BCUT2D eigenvalue weighted by Crippen LogP contribution is -2.40. The third-order valence-corrected chi connectivity index (χ3v) is 3.72. The molecule has 1 N–H and O–H groups in total. The summed E-state index contributed by atoms with van der Waals surface area (Å²) in [4.78, 5) is 13.4. The van der Waals surface area contributed by atoms with Gasteiger partial charge in [0.1, 0.15) is 5.82 Å². The second-order valence-electron chi connectivity index (χ2n) is 5.09. The molecule has 19 heavy (non-hydrogen) atoms. The normalized spacial score (nSPS) is 11.8. The van der Waals surface area contributed by atoms with Gasteiger partial charge in [-0.1, -0.05) is 26.0 Å². The predicted octanol–water partition coefficient (Wildman–Crippen LogP) is 3.15. The Kier molecular flexibility index (Phi) is 5.48. The van der Waals surface area contributed by atoms with Crippen LogP contribution in [0.2, 0.25) is 0 Å². The van der Waals surface area contributed by atoms with Crippen LogP contribution in [0.1, 0.15) is 32.3 Å². The molecule has 106 valence electrons. The second kappa shape index (κ2) is 6.66. The van der Waals surface area contributed by atoms with Crippen LogP contribution in [-0.2, 0) is 11.3 Å². The Balaban J connectivity index is 2.73. The van der Waals surface area contributed by atoms with Crippen LogP contribution in [0.4, 0.5) is 4.39 Å². The lowest BCUT2D eigenvalue weighted by Gasteiger charge is -2.31. The summed E-state index contributed by atoms with van der Waals surface area (Å²) >= 11 is 0. The standard InChI is InChI=1S/C15H22FNO2/c1-4-15(5-2,14(18)19)11-17(3)10-12-7-6-8-13(16)9-12/h6-9H,4-5,10-11H2,1-3H3,(H,18,19). The zero-order chi connectivity index (χ0) is 14.5. The number of carboxylic acids is 1. The van der Waals surface area contributed by atoms with E-state index in [1.54, 1.807) is 6.07 Å². The van der Waals surface area contributed by atoms with Crippen molar-refractivity contribution in [2.24, 2.45) is 5.41 Å². The monoisotopic (exact) mass is 267 g/mol. The number of aliphatic carboxylic acids is 1. The van der Waals surface area contributed by atoms with Gasteiger partial charge in [-0.05, 0) is 37.6 Å². The number of benzene rings is 1. The van der Waals surface area contributed by atoms with Crippen molar-refractivity contribution in [3.8, 4) is 0 Å². The molecule has 0 bridgehead atoms. The van der Waals surface area contributed by atoms with E-state index in [2.05, 4.69) is 0 Å². The number of halogens is 1. The van der Waals surface area contributed by atoms with E-state index in [9.17, 15) is 14.3 Å². The summed E-state index contributed by atoms with van der Waals surface area (Å²) in [6.45, 7) is 4.81. The number of hydrogen-bond acceptors (Lipinski definition) is 2. The average molecular weight is 267 g/mol. The van der Waals surface area contributed by atoms with Crippen molar-refractivity contribution in [1.82, 2.24) is 4.90 Å². The van der Waals surface area contributed by atoms with E-state index in [4.69, 9.17) is 0 Å². The molecular formula is C15H22FNO2. The van der Waals surface area contributed by atoms with Crippen LogP contribution in [0.3, 0.4) is 0 Å². The lowest BCUT2D eigenvalue weighted by molar-refractivity contribution is -0.150. The summed E-state index contributed by atoms with van der Waals surface area (Å²) in [6.07, 6.45) is 1.18. The molecule has 3 nitrogen and oxygen atoms in total. The van der Waals surface area contributed by atoms with Gasteiger partial charge >= 0.3 is 5.97 Å². The van der Waals surface area contributed by atoms with E-state index in [-0.39, 0.29) is 5.82 Å². The fourth-order valence-corrected chi connectivity index (χ4v) is 2.36. The molecule has 0 aliphatic rings. The first-order chi connectivity index (χ1) is 8.93. The minimum atomic E-state index is -0.761. The van der Waals surface area contributed by atoms with Crippen LogP contribution >= 0.6 is 0 Å². The van der Waals surface area contributed by atoms with Crippen LogP contribution in [0.5, 0.6) is 0 Å². The quantitative estimate of drug-likeness (QED) is 0.825. The molecule has 0 spiro atoms. The highest BCUT2D eigenvalue weighted by Gasteiger charge is 2.35. The molecule has 0 amide bonds. The molecule has 1 rings (SSSR count). The maximum Gasteiger partial charge on any atom is 0.310 e. The summed E-state index contributed by atoms with van der Waals surface area (Å²) in [5, 5.41) is 9.40. The molecule has 0 atom stereocenters. The largest absolute Gasteiger partial charge is 0.481 e. The Morgan fingerprint density at radius 2 is 2.00 bits per heavy atom. The van der Waals surface area contributed by atoms with Crippen LogP contribution in [-0.4, -0.2) is 29.6 Å². The lowest BCUT2D eigenvalue weighted by atomic mass is 9.82. The topological polar surface area (TPSA) is 40.5 Å². The molecule has 0 heterocycles.